The maximum atomic E-state index is 11.5. The van der Waals surface area contributed by atoms with Gasteiger partial charge in [-0.1, -0.05) is 18.9 Å². The van der Waals surface area contributed by atoms with Crippen molar-refractivity contribution in [1.82, 2.24) is 0 Å². The van der Waals surface area contributed by atoms with Crippen molar-refractivity contribution >= 4 is 17.3 Å². The largest absolute Gasteiger partial charge is 0.478 e. The molecule has 0 radical (unpaired) electrons. The fourth-order valence-corrected chi connectivity index (χ4v) is 3.96. The number of nitrogens with two attached hydrogens (primary N) is 1. The molecule has 3 rings (SSSR count). The maximum Gasteiger partial charge on any atom is 0.337 e. The van der Waals surface area contributed by atoms with Gasteiger partial charge >= 0.3 is 5.97 Å². The molecule has 1 saturated heterocycles. The summed E-state index contributed by atoms with van der Waals surface area (Å²) in [6.07, 6.45) is 7.40. The van der Waals surface area contributed by atoms with E-state index in [1.54, 1.807) is 12.1 Å². The second-order valence-electron chi connectivity index (χ2n) is 6.00. The van der Waals surface area contributed by atoms with Crippen LogP contribution in [0.4, 0.5) is 11.4 Å². The monoisotopic (exact) mass is 274 g/mol. The van der Waals surface area contributed by atoms with Crippen molar-refractivity contribution in [1.29, 1.82) is 0 Å². The number of benzene rings is 1. The van der Waals surface area contributed by atoms with E-state index in [4.69, 9.17) is 5.73 Å². The minimum atomic E-state index is -0.884. The molecule has 4 nitrogen and oxygen atoms in total. The van der Waals surface area contributed by atoms with Gasteiger partial charge in [-0.2, -0.15) is 0 Å². The lowest BCUT2D eigenvalue weighted by atomic mass is 9.78. The average Bonchev–Trinajstić information content (AvgIpc) is 2.46. The zero-order valence-electron chi connectivity index (χ0n) is 11.7. The summed E-state index contributed by atoms with van der Waals surface area (Å²) < 4.78 is 0. The fraction of sp³-hybridized carbons (Fsp3) is 0.562. The van der Waals surface area contributed by atoms with Crippen molar-refractivity contribution in [3.05, 3.63) is 23.8 Å². The molecular weight excluding hydrogens is 252 g/mol. The van der Waals surface area contributed by atoms with Crippen molar-refractivity contribution in [2.75, 3.05) is 17.2 Å². The number of carboxylic acids is 1. The lowest BCUT2D eigenvalue weighted by Crippen LogP contribution is -2.47. The standard InChI is InChI=1S/C16H22N2O2/c17-13-8-3-7-12(16(19)20)15(13)18-10-4-6-11-5-1-2-9-14(11)18/h3,7-8,11,14H,1-2,4-6,9-10,17H2,(H,19,20). The van der Waals surface area contributed by atoms with Gasteiger partial charge in [0.25, 0.3) is 0 Å². The number of piperidine rings is 1. The van der Waals surface area contributed by atoms with Gasteiger partial charge < -0.3 is 15.7 Å². The Labute approximate surface area is 119 Å². The molecule has 2 atom stereocenters. The lowest BCUT2D eigenvalue weighted by molar-refractivity contribution is 0.0697. The van der Waals surface area contributed by atoms with E-state index in [0.29, 0.717) is 23.2 Å². The van der Waals surface area contributed by atoms with Crippen LogP contribution >= 0.6 is 0 Å². The van der Waals surface area contributed by atoms with Crippen LogP contribution in [-0.4, -0.2) is 23.7 Å². The van der Waals surface area contributed by atoms with Crippen LogP contribution in [0.1, 0.15) is 48.9 Å². The molecule has 0 spiro atoms. The molecule has 108 valence electrons. The number of anilines is 2. The smallest absolute Gasteiger partial charge is 0.337 e. The van der Waals surface area contributed by atoms with Gasteiger partial charge in [0.1, 0.15) is 0 Å². The summed E-state index contributed by atoms with van der Waals surface area (Å²) in [5, 5.41) is 9.43. The third kappa shape index (κ3) is 2.23. The van der Waals surface area contributed by atoms with Gasteiger partial charge in [-0.05, 0) is 43.7 Å². The van der Waals surface area contributed by atoms with Crippen LogP contribution < -0.4 is 10.6 Å². The van der Waals surface area contributed by atoms with E-state index in [2.05, 4.69) is 4.90 Å². The summed E-state index contributed by atoms with van der Waals surface area (Å²) in [7, 11) is 0. The van der Waals surface area contributed by atoms with E-state index in [9.17, 15) is 9.90 Å². The summed E-state index contributed by atoms with van der Waals surface area (Å²) in [6.45, 7) is 0.926. The number of aromatic carboxylic acids is 1. The van der Waals surface area contributed by atoms with Crippen molar-refractivity contribution in [2.24, 2.45) is 5.92 Å². The molecule has 4 heteroatoms. The summed E-state index contributed by atoms with van der Waals surface area (Å²) >= 11 is 0. The predicted molar refractivity (Wildman–Crippen MR) is 80.1 cm³/mol. The van der Waals surface area contributed by atoms with E-state index in [0.717, 1.165) is 25.1 Å². The zero-order chi connectivity index (χ0) is 14.1. The minimum absolute atomic E-state index is 0.344. The molecule has 1 saturated carbocycles. The molecule has 0 bridgehead atoms. The van der Waals surface area contributed by atoms with Gasteiger partial charge in [0.05, 0.1) is 16.9 Å². The molecular formula is C16H22N2O2. The topological polar surface area (TPSA) is 66.6 Å². The highest BCUT2D eigenvalue weighted by molar-refractivity contribution is 5.98. The van der Waals surface area contributed by atoms with Crippen LogP contribution in [0.5, 0.6) is 0 Å². The first-order chi connectivity index (χ1) is 9.68. The van der Waals surface area contributed by atoms with Gasteiger partial charge in [-0.25, -0.2) is 4.79 Å². The highest BCUT2D eigenvalue weighted by Crippen LogP contribution is 2.40. The molecule has 3 N–H and O–H groups in total. The normalized spacial score (nSPS) is 26.1. The summed E-state index contributed by atoms with van der Waals surface area (Å²) in [5.41, 5.74) is 7.79. The summed E-state index contributed by atoms with van der Waals surface area (Å²) in [5.74, 6) is -0.177. The predicted octanol–water partition coefficient (Wildman–Crippen LogP) is 3.13. The first-order valence-electron chi connectivity index (χ1n) is 7.57. The van der Waals surface area contributed by atoms with Crippen molar-refractivity contribution in [3.8, 4) is 0 Å². The lowest BCUT2D eigenvalue weighted by Gasteiger charge is -2.46. The molecule has 0 amide bonds. The summed E-state index contributed by atoms with van der Waals surface area (Å²) in [6, 6.07) is 5.68. The van der Waals surface area contributed by atoms with E-state index < -0.39 is 5.97 Å². The summed E-state index contributed by atoms with van der Waals surface area (Å²) in [4.78, 5) is 13.8. The van der Waals surface area contributed by atoms with Crippen molar-refractivity contribution < 1.29 is 9.90 Å². The number of carboxylic acid groups (broad SMARTS) is 1. The number of nitrogens with zero attached hydrogens (tertiary/aromatic N) is 1. The van der Waals surface area contributed by atoms with Crippen LogP contribution in [0.15, 0.2) is 18.2 Å². The molecule has 1 aromatic rings. The molecule has 2 unspecified atom stereocenters. The molecule has 1 aliphatic heterocycles. The Kier molecular flexibility index (Phi) is 3.55. The van der Waals surface area contributed by atoms with E-state index in [1.807, 2.05) is 6.07 Å². The minimum Gasteiger partial charge on any atom is -0.478 e. The second-order valence-corrected chi connectivity index (χ2v) is 6.00. The first-order valence-corrected chi connectivity index (χ1v) is 7.57. The number of rotatable bonds is 2. The number of nitrogen functional groups attached to an aromatic ring is 1. The quantitative estimate of drug-likeness (QED) is 0.813. The Balaban J connectivity index is 2.00. The highest BCUT2D eigenvalue weighted by atomic mass is 16.4. The van der Waals surface area contributed by atoms with E-state index >= 15 is 0 Å². The molecule has 1 aromatic carbocycles. The maximum absolute atomic E-state index is 11.5. The van der Waals surface area contributed by atoms with Crippen molar-refractivity contribution in [3.63, 3.8) is 0 Å². The average molecular weight is 274 g/mol. The fourth-order valence-electron chi connectivity index (χ4n) is 3.96. The number of hydrogen-bond donors (Lipinski definition) is 2. The van der Waals surface area contributed by atoms with Crippen LogP contribution in [-0.2, 0) is 0 Å². The van der Waals surface area contributed by atoms with Gasteiger partial charge in [0.15, 0.2) is 0 Å². The number of hydrogen-bond acceptors (Lipinski definition) is 3. The Hall–Kier alpha value is -1.71. The van der Waals surface area contributed by atoms with E-state index in [1.165, 1.54) is 25.7 Å². The Bertz CT molecular complexity index is 513. The molecule has 1 heterocycles. The van der Waals surface area contributed by atoms with Gasteiger partial charge in [0.2, 0.25) is 0 Å². The molecule has 1 aliphatic carbocycles. The van der Waals surface area contributed by atoms with Gasteiger partial charge in [0, 0.05) is 12.6 Å². The van der Waals surface area contributed by atoms with Gasteiger partial charge in [-0.15, -0.1) is 0 Å². The van der Waals surface area contributed by atoms with Crippen molar-refractivity contribution in [2.45, 2.75) is 44.6 Å². The van der Waals surface area contributed by atoms with Crippen LogP contribution in [0.2, 0.25) is 0 Å². The number of carbonyl (C=O) groups is 1. The SMILES string of the molecule is Nc1cccc(C(=O)O)c1N1CCCC2CCCCC21. The Morgan fingerprint density at radius 1 is 1.20 bits per heavy atom. The molecule has 0 aromatic heterocycles. The Morgan fingerprint density at radius 2 is 1.95 bits per heavy atom. The van der Waals surface area contributed by atoms with Crippen LogP contribution in [0, 0.1) is 5.92 Å². The Morgan fingerprint density at radius 3 is 2.75 bits per heavy atom. The molecule has 2 fully saturated rings. The number of fused-ring (bicyclic) bond motifs is 1. The van der Waals surface area contributed by atoms with Crippen LogP contribution in [0.25, 0.3) is 0 Å². The second kappa shape index (κ2) is 5.35. The van der Waals surface area contributed by atoms with Crippen LogP contribution in [0.3, 0.4) is 0 Å². The third-order valence-electron chi connectivity index (χ3n) is 4.83. The molecule has 20 heavy (non-hydrogen) atoms. The molecule has 2 aliphatic rings. The van der Waals surface area contributed by atoms with E-state index in [-0.39, 0.29) is 0 Å². The third-order valence-corrected chi connectivity index (χ3v) is 4.83. The highest BCUT2D eigenvalue weighted by Gasteiger charge is 2.35. The first kappa shape index (κ1) is 13.3. The van der Waals surface area contributed by atoms with Gasteiger partial charge in [-0.3, -0.25) is 0 Å². The number of para-hydroxylation sites is 1. The zero-order valence-corrected chi connectivity index (χ0v) is 11.7.